The zero-order valence-electron chi connectivity index (χ0n) is 12.0. The Morgan fingerprint density at radius 2 is 1.62 bits per heavy atom. The summed E-state index contributed by atoms with van der Waals surface area (Å²) in [5.74, 6) is 1.82. The molecule has 0 N–H and O–H groups in total. The number of hydrogen-bond donors (Lipinski definition) is 0. The molecule has 2 aromatic carbocycles. The Balaban J connectivity index is 1.67. The van der Waals surface area contributed by atoms with Crippen LogP contribution in [0.15, 0.2) is 30.3 Å². The molecule has 21 heavy (non-hydrogen) atoms. The van der Waals surface area contributed by atoms with E-state index in [9.17, 15) is 0 Å². The molecule has 0 bridgehead atoms. The first-order chi connectivity index (χ1) is 10.3. The van der Waals surface area contributed by atoms with E-state index in [0.29, 0.717) is 13.2 Å². The van der Waals surface area contributed by atoms with Crippen LogP contribution in [0, 0.1) is 6.92 Å². The van der Waals surface area contributed by atoms with Gasteiger partial charge in [-0.3, -0.25) is 0 Å². The number of hydrogen-bond acceptors (Lipinski definition) is 4. The molecule has 0 saturated carbocycles. The van der Waals surface area contributed by atoms with Crippen LogP contribution >= 0.6 is 0 Å². The van der Waals surface area contributed by atoms with E-state index in [4.69, 9.17) is 18.9 Å². The monoisotopic (exact) mass is 286 g/mol. The average molecular weight is 286 g/mol. The molecule has 2 aliphatic heterocycles. The van der Waals surface area contributed by atoms with Crippen LogP contribution in [0.1, 0.15) is 5.56 Å². The molecule has 0 radical (unpaired) electrons. The van der Waals surface area contributed by atoms with E-state index >= 15 is 0 Å². The van der Waals surface area contributed by atoms with Gasteiger partial charge in [-0.05, 0) is 18.6 Å². The lowest BCUT2D eigenvalue weighted by molar-refractivity contribution is 0.260. The Morgan fingerprint density at radius 3 is 2.29 bits per heavy atom. The molecule has 2 fully saturated rings. The summed E-state index contributed by atoms with van der Waals surface area (Å²) in [5, 5.41) is 2.17. The molecule has 4 nitrogen and oxygen atoms in total. The molecule has 0 aromatic heterocycles. The smallest absolute Gasteiger partial charge is 0.130 e. The van der Waals surface area contributed by atoms with Crippen LogP contribution < -0.4 is 9.47 Å². The fourth-order valence-electron chi connectivity index (χ4n) is 2.45. The standard InChI is InChI=1S/C17H18O4/c1-11-6-16(20-9-12-7-18-12)14-4-2-3-5-15(14)17(11)21-10-13-8-19-13/h2-6,12-13H,7-10H2,1H3. The largest absolute Gasteiger partial charge is 0.490 e. The Labute approximate surface area is 123 Å². The average Bonchev–Trinajstić information content (AvgIpc) is 3.37. The maximum Gasteiger partial charge on any atom is 0.130 e. The molecule has 0 amide bonds. The van der Waals surface area contributed by atoms with Gasteiger partial charge < -0.3 is 18.9 Å². The normalized spacial score (nSPS) is 23.1. The van der Waals surface area contributed by atoms with Crippen LogP contribution in [0.2, 0.25) is 0 Å². The Bertz CT molecular complexity index is 659. The van der Waals surface area contributed by atoms with Gasteiger partial charge in [-0.15, -0.1) is 0 Å². The maximum absolute atomic E-state index is 5.96. The van der Waals surface area contributed by atoms with Crippen molar-refractivity contribution in [3.8, 4) is 11.5 Å². The van der Waals surface area contributed by atoms with E-state index in [1.807, 2.05) is 18.2 Å². The molecule has 2 heterocycles. The Morgan fingerprint density at radius 1 is 1.00 bits per heavy atom. The van der Waals surface area contributed by atoms with Gasteiger partial charge in [0, 0.05) is 10.8 Å². The van der Waals surface area contributed by atoms with Crippen LogP contribution in [0.25, 0.3) is 10.8 Å². The summed E-state index contributed by atoms with van der Waals surface area (Å²) in [6.07, 6.45) is 0.512. The van der Waals surface area contributed by atoms with E-state index in [-0.39, 0.29) is 12.2 Å². The molecule has 0 aliphatic carbocycles. The van der Waals surface area contributed by atoms with Gasteiger partial charge in [0.15, 0.2) is 0 Å². The van der Waals surface area contributed by atoms with Crippen LogP contribution in [0.4, 0.5) is 0 Å². The predicted molar refractivity (Wildman–Crippen MR) is 79.2 cm³/mol. The van der Waals surface area contributed by atoms with Crippen molar-refractivity contribution in [3.05, 3.63) is 35.9 Å². The molecule has 2 atom stereocenters. The Kier molecular flexibility index (Phi) is 3.20. The third kappa shape index (κ3) is 2.82. The molecule has 2 saturated heterocycles. The van der Waals surface area contributed by atoms with Crippen molar-refractivity contribution in [3.63, 3.8) is 0 Å². The minimum absolute atomic E-state index is 0.256. The highest BCUT2D eigenvalue weighted by molar-refractivity contribution is 5.94. The van der Waals surface area contributed by atoms with Crippen LogP contribution in [-0.4, -0.2) is 38.6 Å². The number of ether oxygens (including phenoxy) is 4. The summed E-state index contributed by atoms with van der Waals surface area (Å²) in [5.41, 5.74) is 1.08. The first kappa shape index (κ1) is 12.9. The molecule has 2 aliphatic rings. The van der Waals surface area contributed by atoms with Crippen LogP contribution in [0.5, 0.6) is 11.5 Å². The first-order valence-electron chi connectivity index (χ1n) is 7.32. The zero-order chi connectivity index (χ0) is 14.2. The van der Waals surface area contributed by atoms with Crippen LogP contribution in [0.3, 0.4) is 0 Å². The van der Waals surface area contributed by atoms with Crippen molar-refractivity contribution in [2.24, 2.45) is 0 Å². The van der Waals surface area contributed by atoms with Gasteiger partial charge in [-0.25, -0.2) is 0 Å². The van der Waals surface area contributed by atoms with Gasteiger partial charge in [0.1, 0.15) is 36.9 Å². The molecule has 2 aromatic rings. The molecule has 4 rings (SSSR count). The van der Waals surface area contributed by atoms with Gasteiger partial charge in [0.05, 0.1) is 13.2 Å². The van der Waals surface area contributed by atoms with E-state index < -0.39 is 0 Å². The summed E-state index contributed by atoms with van der Waals surface area (Å²) in [6, 6.07) is 10.2. The molecule has 110 valence electrons. The van der Waals surface area contributed by atoms with Crippen molar-refractivity contribution in [2.45, 2.75) is 19.1 Å². The maximum atomic E-state index is 5.96. The number of aryl methyl sites for hydroxylation is 1. The zero-order valence-corrected chi connectivity index (χ0v) is 12.0. The third-order valence-electron chi connectivity index (χ3n) is 3.79. The predicted octanol–water partition coefficient (Wildman–Crippen LogP) is 2.70. The van der Waals surface area contributed by atoms with Gasteiger partial charge in [0.2, 0.25) is 0 Å². The molecular weight excluding hydrogens is 268 g/mol. The van der Waals surface area contributed by atoms with Crippen molar-refractivity contribution < 1.29 is 18.9 Å². The van der Waals surface area contributed by atoms with Crippen molar-refractivity contribution in [1.82, 2.24) is 0 Å². The minimum Gasteiger partial charge on any atom is -0.490 e. The second-order valence-corrected chi connectivity index (χ2v) is 5.60. The van der Waals surface area contributed by atoms with Crippen molar-refractivity contribution in [1.29, 1.82) is 0 Å². The highest BCUT2D eigenvalue weighted by atomic mass is 16.6. The molecule has 2 unspecified atom stereocenters. The first-order valence-corrected chi connectivity index (χ1v) is 7.32. The minimum atomic E-state index is 0.256. The number of benzene rings is 2. The van der Waals surface area contributed by atoms with E-state index in [2.05, 4.69) is 19.1 Å². The lowest BCUT2D eigenvalue weighted by atomic mass is 10.0. The Hall–Kier alpha value is -1.78. The number of fused-ring (bicyclic) bond motifs is 1. The molecular formula is C17H18O4. The number of epoxide rings is 2. The van der Waals surface area contributed by atoms with Crippen LogP contribution in [-0.2, 0) is 9.47 Å². The second kappa shape index (κ2) is 5.20. The van der Waals surface area contributed by atoms with Gasteiger partial charge in [0.25, 0.3) is 0 Å². The fraction of sp³-hybridized carbons (Fsp3) is 0.412. The second-order valence-electron chi connectivity index (χ2n) is 5.60. The highest BCUT2D eigenvalue weighted by Gasteiger charge is 2.25. The van der Waals surface area contributed by atoms with E-state index in [1.54, 1.807) is 0 Å². The highest BCUT2D eigenvalue weighted by Crippen LogP contribution is 2.37. The van der Waals surface area contributed by atoms with Crippen molar-refractivity contribution >= 4 is 10.8 Å². The summed E-state index contributed by atoms with van der Waals surface area (Å²) < 4.78 is 22.3. The third-order valence-corrected chi connectivity index (χ3v) is 3.79. The van der Waals surface area contributed by atoms with Crippen molar-refractivity contribution in [2.75, 3.05) is 26.4 Å². The topological polar surface area (TPSA) is 43.5 Å². The fourth-order valence-corrected chi connectivity index (χ4v) is 2.45. The SMILES string of the molecule is Cc1cc(OCC2CO2)c2ccccc2c1OCC1CO1. The number of rotatable bonds is 6. The summed E-state index contributed by atoms with van der Waals surface area (Å²) >= 11 is 0. The lowest BCUT2D eigenvalue weighted by Crippen LogP contribution is -2.07. The quantitative estimate of drug-likeness (QED) is 0.766. The molecule has 0 spiro atoms. The van der Waals surface area contributed by atoms with Gasteiger partial charge >= 0.3 is 0 Å². The summed E-state index contributed by atoms with van der Waals surface area (Å²) in [7, 11) is 0. The van der Waals surface area contributed by atoms with Gasteiger partial charge in [-0.2, -0.15) is 0 Å². The van der Waals surface area contributed by atoms with Gasteiger partial charge in [-0.1, -0.05) is 24.3 Å². The van der Waals surface area contributed by atoms with E-state index in [1.165, 1.54) is 0 Å². The molecule has 4 heteroatoms. The summed E-state index contributed by atoms with van der Waals surface area (Å²) in [6.45, 7) is 4.88. The van der Waals surface area contributed by atoms with E-state index in [0.717, 1.165) is 41.0 Å². The lowest BCUT2D eigenvalue weighted by Gasteiger charge is -2.15. The summed E-state index contributed by atoms with van der Waals surface area (Å²) in [4.78, 5) is 0.